The molecule has 0 saturated carbocycles. The lowest BCUT2D eigenvalue weighted by Crippen LogP contribution is -2.03. The van der Waals surface area contributed by atoms with Crippen molar-refractivity contribution >= 4 is 21.6 Å². The van der Waals surface area contributed by atoms with Crippen LogP contribution in [-0.4, -0.2) is 6.54 Å². The third-order valence-electron chi connectivity index (χ3n) is 1.79. The summed E-state index contributed by atoms with van der Waals surface area (Å²) in [6.07, 6.45) is 1.00. The van der Waals surface area contributed by atoms with Gasteiger partial charge in [-0.25, -0.2) is 8.78 Å². The van der Waals surface area contributed by atoms with Crippen LogP contribution in [0, 0.1) is 23.0 Å². The molecule has 1 N–H and O–H groups in total. The molecule has 0 aliphatic rings. The summed E-state index contributed by atoms with van der Waals surface area (Å²) in [5, 5.41) is 11.0. The van der Waals surface area contributed by atoms with Crippen molar-refractivity contribution in [3.63, 3.8) is 0 Å². The fourth-order valence-electron chi connectivity index (χ4n) is 1.05. The predicted octanol–water partition coefficient (Wildman–Crippen LogP) is 3.44. The molecule has 5 heteroatoms. The largest absolute Gasteiger partial charge is 0.383 e. The van der Waals surface area contributed by atoms with Crippen LogP contribution in [0.2, 0.25) is 0 Å². The van der Waals surface area contributed by atoms with Crippen LogP contribution in [0.3, 0.4) is 0 Å². The second-order valence-corrected chi connectivity index (χ2v) is 3.79. The van der Waals surface area contributed by atoms with E-state index in [0.29, 0.717) is 19.4 Å². The lowest BCUT2D eigenvalue weighted by atomic mass is 10.2. The van der Waals surface area contributed by atoms with Crippen LogP contribution in [0.5, 0.6) is 0 Å². The molecule has 0 saturated heterocycles. The molecule has 0 aliphatic heterocycles. The number of nitrogens with one attached hydrogen (secondary N) is 1. The molecule has 0 atom stereocenters. The minimum atomic E-state index is -0.515. The SMILES string of the molecule is N#CCCCNc1cc(F)c(Br)cc1F. The highest BCUT2D eigenvalue weighted by Gasteiger charge is 2.07. The summed E-state index contributed by atoms with van der Waals surface area (Å²) in [5.74, 6) is -1.03. The van der Waals surface area contributed by atoms with Gasteiger partial charge in [0.2, 0.25) is 0 Å². The van der Waals surface area contributed by atoms with Gasteiger partial charge in [0.1, 0.15) is 11.6 Å². The van der Waals surface area contributed by atoms with Gasteiger partial charge in [0.25, 0.3) is 0 Å². The van der Waals surface area contributed by atoms with Gasteiger partial charge in [0, 0.05) is 19.0 Å². The third kappa shape index (κ3) is 3.48. The summed E-state index contributed by atoms with van der Waals surface area (Å²) in [6.45, 7) is 0.450. The number of hydrogen-bond donors (Lipinski definition) is 1. The predicted molar refractivity (Wildman–Crippen MR) is 57.4 cm³/mol. The van der Waals surface area contributed by atoms with Crippen LogP contribution in [0.25, 0.3) is 0 Å². The first-order chi connectivity index (χ1) is 7.15. The van der Waals surface area contributed by atoms with Crippen LogP contribution in [0.15, 0.2) is 16.6 Å². The maximum Gasteiger partial charge on any atom is 0.147 e. The standard InChI is InChI=1S/C10H9BrF2N2/c11-7-5-9(13)10(6-8(7)12)15-4-2-1-3-14/h5-6,15H,1-2,4H2. The number of unbranched alkanes of at least 4 members (excludes halogenated alkanes) is 1. The van der Waals surface area contributed by atoms with Crippen LogP contribution in [0.4, 0.5) is 14.5 Å². The number of benzene rings is 1. The zero-order chi connectivity index (χ0) is 11.3. The summed E-state index contributed by atoms with van der Waals surface area (Å²) < 4.78 is 26.3. The number of nitrogens with zero attached hydrogens (tertiary/aromatic N) is 1. The van der Waals surface area contributed by atoms with Crippen LogP contribution >= 0.6 is 15.9 Å². The lowest BCUT2D eigenvalue weighted by molar-refractivity contribution is 0.596. The number of halogens is 3. The molecule has 15 heavy (non-hydrogen) atoms. The molecule has 0 unspecified atom stereocenters. The minimum absolute atomic E-state index is 0.0996. The molecule has 0 spiro atoms. The smallest absolute Gasteiger partial charge is 0.147 e. The maximum atomic E-state index is 13.2. The van der Waals surface area contributed by atoms with Crippen LogP contribution in [-0.2, 0) is 0 Å². The van der Waals surface area contributed by atoms with Crippen molar-refractivity contribution in [2.75, 3.05) is 11.9 Å². The lowest BCUT2D eigenvalue weighted by Gasteiger charge is -2.07. The van der Waals surface area contributed by atoms with E-state index < -0.39 is 11.6 Å². The van der Waals surface area contributed by atoms with Crippen molar-refractivity contribution in [1.29, 1.82) is 5.26 Å². The molecule has 1 rings (SSSR count). The van der Waals surface area contributed by atoms with Gasteiger partial charge in [0.05, 0.1) is 16.2 Å². The van der Waals surface area contributed by atoms with E-state index in [1.54, 1.807) is 0 Å². The molecule has 0 bridgehead atoms. The molecular weight excluding hydrogens is 266 g/mol. The number of nitriles is 1. The Morgan fingerprint density at radius 1 is 1.33 bits per heavy atom. The molecule has 80 valence electrons. The van der Waals surface area contributed by atoms with Gasteiger partial charge in [-0.2, -0.15) is 5.26 Å². The molecule has 0 fully saturated rings. The van der Waals surface area contributed by atoms with E-state index >= 15 is 0 Å². The maximum absolute atomic E-state index is 13.2. The topological polar surface area (TPSA) is 35.8 Å². The summed E-state index contributed by atoms with van der Waals surface area (Å²) in [7, 11) is 0. The highest BCUT2D eigenvalue weighted by atomic mass is 79.9. The van der Waals surface area contributed by atoms with Crippen molar-refractivity contribution in [3.8, 4) is 6.07 Å². The number of rotatable bonds is 4. The fraction of sp³-hybridized carbons (Fsp3) is 0.300. The Morgan fingerprint density at radius 2 is 2.07 bits per heavy atom. The highest BCUT2D eigenvalue weighted by Crippen LogP contribution is 2.23. The molecule has 0 aliphatic carbocycles. The first-order valence-corrected chi connectivity index (χ1v) is 5.20. The Labute approximate surface area is 95.0 Å². The zero-order valence-electron chi connectivity index (χ0n) is 7.86. The summed E-state index contributed by atoms with van der Waals surface area (Å²) in [4.78, 5) is 0. The van der Waals surface area contributed by atoms with E-state index in [1.807, 2.05) is 6.07 Å². The van der Waals surface area contributed by atoms with Crippen molar-refractivity contribution in [1.82, 2.24) is 0 Å². The van der Waals surface area contributed by atoms with Gasteiger partial charge >= 0.3 is 0 Å². The van der Waals surface area contributed by atoms with E-state index in [1.165, 1.54) is 0 Å². The van der Waals surface area contributed by atoms with E-state index in [0.717, 1.165) is 12.1 Å². The Hall–Kier alpha value is -1.15. The Kier molecular flexibility index (Phi) is 4.50. The molecule has 1 aromatic carbocycles. The number of hydrogen-bond acceptors (Lipinski definition) is 2. The first kappa shape index (κ1) is 11.9. The van der Waals surface area contributed by atoms with Crippen molar-refractivity contribution in [3.05, 3.63) is 28.2 Å². The summed E-state index contributed by atoms with van der Waals surface area (Å²) in [6, 6.07) is 4.13. The molecule has 0 aromatic heterocycles. The Bertz CT molecular complexity index is 388. The molecule has 2 nitrogen and oxygen atoms in total. The quantitative estimate of drug-likeness (QED) is 0.674. The average molecular weight is 275 g/mol. The molecule has 1 aromatic rings. The van der Waals surface area contributed by atoms with Gasteiger partial charge in [-0.05, 0) is 28.4 Å². The fourth-order valence-corrected chi connectivity index (χ4v) is 1.36. The van der Waals surface area contributed by atoms with Crippen LogP contribution < -0.4 is 5.32 Å². The second-order valence-electron chi connectivity index (χ2n) is 2.93. The van der Waals surface area contributed by atoms with Gasteiger partial charge in [-0.1, -0.05) is 0 Å². The first-order valence-electron chi connectivity index (χ1n) is 4.40. The monoisotopic (exact) mass is 274 g/mol. The average Bonchev–Trinajstić information content (AvgIpc) is 2.20. The third-order valence-corrected chi connectivity index (χ3v) is 2.40. The van der Waals surface area contributed by atoms with E-state index in [9.17, 15) is 8.78 Å². The second kappa shape index (κ2) is 5.66. The van der Waals surface area contributed by atoms with Gasteiger partial charge in [-0.3, -0.25) is 0 Å². The van der Waals surface area contributed by atoms with Gasteiger partial charge in [-0.15, -0.1) is 0 Å². The highest BCUT2D eigenvalue weighted by molar-refractivity contribution is 9.10. The summed E-state index contributed by atoms with van der Waals surface area (Å²) >= 11 is 2.89. The Balaban J connectivity index is 2.62. The normalized spacial score (nSPS) is 9.73. The van der Waals surface area contributed by atoms with Gasteiger partial charge in [0.15, 0.2) is 0 Å². The van der Waals surface area contributed by atoms with Crippen molar-refractivity contribution in [2.24, 2.45) is 0 Å². The van der Waals surface area contributed by atoms with E-state index in [4.69, 9.17) is 5.26 Å². The molecule has 0 radical (unpaired) electrons. The van der Waals surface area contributed by atoms with E-state index in [-0.39, 0.29) is 10.2 Å². The van der Waals surface area contributed by atoms with Crippen molar-refractivity contribution < 1.29 is 8.78 Å². The summed E-state index contributed by atoms with van der Waals surface area (Å²) in [5.41, 5.74) is 0.119. The van der Waals surface area contributed by atoms with Crippen LogP contribution in [0.1, 0.15) is 12.8 Å². The minimum Gasteiger partial charge on any atom is -0.383 e. The Morgan fingerprint density at radius 3 is 2.73 bits per heavy atom. The number of anilines is 1. The zero-order valence-corrected chi connectivity index (χ0v) is 9.44. The van der Waals surface area contributed by atoms with E-state index in [2.05, 4.69) is 21.2 Å². The molecular formula is C10H9BrF2N2. The molecule has 0 heterocycles. The van der Waals surface area contributed by atoms with Crippen molar-refractivity contribution in [2.45, 2.75) is 12.8 Å². The van der Waals surface area contributed by atoms with Gasteiger partial charge < -0.3 is 5.32 Å². The molecule has 0 amide bonds.